The van der Waals surface area contributed by atoms with E-state index in [9.17, 15) is 0 Å². The highest BCUT2D eigenvalue weighted by Crippen LogP contribution is 2.36. The van der Waals surface area contributed by atoms with E-state index < -0.39 is 0 Å². The van der Waals surface area contributed by atoms with E-state index in [2.05, 4.69) is 27.8 Å². The zero-order valence-electron chi connectivity index (χ0n) is 12.0. The average molecular weight is 302 g/mol. The standard InChI is InChI=1S/C16H18N2O2S/c1-10-9-21-16(17-10)15(18-12-3-4-12)11-2-5-13-14(8-11)20-7-6-19-13/h2,5,8-9,12,15,18H,3-4,6-7H2,1H3. The van der Waals surface area contributed by atoms with Gasteiger partial charge in [-0.1, -0.05) is 6.07 Å². The highest BCUT2D eigenvalue weighted by molar-refractivity contribution is 7.09. The molecule has 1 aromatic carbocycles. The Morgan fingerprint density at radius 3 is 2.76 bits per heavy atom. The van der Waals surface area contributed by atoms with Gasteiger partial charge in [-0.05, 0) is 37.5 Å². The van der Waals surface area contributed by atoms with Crippen LogP contribution >= 0.6 is 11.3 Å². The molecule has 4 rings (SSSR count). The Hall–Kier alpha value is -1.59. The lowest BCUT2D eigenvalue weighted by Crippen LogP contribution is -2.25. The van der Waals surface area contributed by atoms with Gasteiger partial charge >= 0.3 is 0 Å². The molecular formula is C16H18N2O2S. The minimum Gasteiger partial charge on any atom is -0.486 e. The smallest absolute Gasteiger partial charge is 0.161 e. The fourth-order valence-corrected chi connectivity index (χ4v) is 3.42. The molecule has 0 bridgehead atoms. The predicted octanol–water partition coefficient (Wildman–Crippen LogP) is 3.06. The molecule has 0 radical (unpaired) electrons. The molecule has 1 unspecified atom stereocenters. The summed E-state index contributed by atoms with van der Waals surface area (Å²) in [4.78, 5) is 4.66. The molecule has 1 N–H and O–H groups in total. The van der Waals surface area contributed by atoms with Crippen LogP contribution in [0.2, 0.25) is 0 Å². The SMILES string of the molecule is Cc1csc(C(NC2CC2)c2ccc3c(c2)OCCO3)n1. The Balaban J connectivity index is 1.68. The van der Waals surface area contributed by atoms with Crippen LogP contribution in [0, 0.1) is 6.92 Å². The van der Waals surface area contributed by atoms with Gasteiger partial charge in [0.05, 0.1) is 6.04 Å². The topological polar surface area (TPSA) is 43.4 Å². The number of thiazole rings is 1. The number of nitrogens with zero attached hydrogens (tertiary/aromatic N) is 1. The van der Waals surface area contributed by atoms with E-state index in [0.29, 0.717) is 19.3 Å². The molecule has 110 valence electrons. The van der Waals surface area contributed by atoms with Crippen molar-refractivity contribution in [2.45, 2.75) is 31.8 Å². The second-order valence-electron chi connectivity index (χ2n) is 5.60. The zero-order valence-corrected chi connectivity index (χ0v) is 12.8. The molecule has 1 fully saturated rings. The quantitative estimate of drug-likeness (QED) is 0.942. The van der Waals surface area contributed by atoms with Crippen molar-refractivity contribution in [3.63, 3.8) is 0 Å². The molecule has 4 nitrogen and oxygen atoms in total. The lowest BCUT2D eigenvalue weighted by atomic mass is 10.1. The van der Waals surface area contributed by atoms with E-state index >= 15 is 0 Å². The van der Waals surface area contributed by atoms with E-state index in [0.717, 1.165) is 22.2 Å². The van der Waals surface area contributed by atoms with E-state index in [1.54, 1.807) is 11.3 Å². The Morgan fingerprint density at radius 1 is 1.24 bits per heavy atom. The largest absolute Gasteiger partial charge is 0.486 e. The van der Waals surface area contributed by atoms with E-state index in [4.69, 9.17) is 9.47 Å². The van der Waals surface area contributed by atoms with Gasteiger partial charge in [0.25, 0.3) is 0 Å². The zero-order chi connectivity index (χ0) is 14.2. The molecule has 0 amide bonds. The summed E-state index contributed by atoms with van der Waals surface area (Å²) >= 11 is 1.71. The predicted molar refractivity (Wildman–Crippen MR) is 82.3 cm³/mol. The summed E-state index contributed by atoms with van der Waals surface area (Å²) in [7, 11) is 0. The molecule has 1 aliphatic heterocycles. The Kier molecular flexibility index (Phi) is 3.31. The van der Waals surface area contributed by atoms with Crippen LogP contribution in [0.3, 0.4) is 0 Å². The first kappa shape index (κ1) is 13.1. The van der Waals surface area contributed by atoms with Crippen molar-refractivity contribution < 1.29 is 9.47 Å². The third-order valence-corrected chi connectivity index (χ3v) is 4.79. The first-order chi connectivity index (χ1) is 10.3. The van der Waals surface area contributed by atoms with Crippen LogP contribution < -0.4 is 14.8 Å². The molecule has 2 aromatic rings. The molecule has 0 saturated heterocycles. The molecule has 1 aromatic heterocycles. The molecule has 2 heterocycles. The van der Waals surface area contributed by atoms with Crippen LogP contribution in [0.4, 0.5) is 0 Å². The van der Waals surface area contributed by atoms with Gasteiger partial charge in [-0.2, -0.15) is 0 Å². The number of hydrogen-bond acceptors (Lipinski definition) is 5. The Bertz CT molecular complexity index is 651. The van der Waals surface area contributed by atoms with Crippen molar-refractivity contribution in [3.05, 3.63) is 39.8 Å². The first-order valence-corrected chi connectivity index (χ1v) is 8.25. The summed E-state index contributed by atoms with van der Waals surface area (Å²) in [6.07, 6.45) is 2.51. The summed E-state index contributed by atoms with van der Waals surface area (Å²) in [6.45, 7) is 3.29. The highest BCUT2D eigenvalue weighted by atomic mass is 32.1. The van der Waals surface area contributed by atoms with Crippen molar-refractivity contribution in [1.82, 2.24) is 10.3 Å². The Morgan fingerprint density at radius 2 is 2.05 bits per heavy atom. The van der Waals surface area contributed by atoms with E-state index in [1.807, 2.05) is 13.0 Å². The van der Waals surface area contributed by atoms with Gasteiger partial charge in [0.15, 0.2) is 11.5 Å². The number of nitrogens with one attached hydrogen (secondary N) is 1. The van der Waals surface area contributed by atoms with Gasteiger partial charge in [0.2, 0.25) is 0 Å². The minimum atomic E-state index is 0.145. The highest BCUT2D eigenvalue weighted by Gasteiger charge is 2.28. The van der Waals surface area contributed by atoms with Gasteiger partial charge in [-0.15, -0.1) is 11.3 Å². The summed E-state index contributed by atoms with van der Waals surface area (Å²) < 4.78 is 11.3. The molecule has 1 atom stereocenters. The fraction of sp³-hybridized carbons (Fsp3) is 0.438. The lowest BCUT2D eigenvalue weighted by Gasteiger charge is -2.22. The number of benzene rings is 1. The van der Waals surface area contributed by atoms with Crippen LogP contribution in [0.25, 0.3) is 0 Å². The molecular weight excluding hydrogens is 284 g/mol. The third-order valence-electron chi connectivity index (χ3n) is 3.76. The molecule has 5 heteroatoms. The number of rotatable bonds is 4. The van der Waals surface area contributed by atoms with Gasteiger partial charge in [0, 0.05) is 17.1 Å². The van der Waals surface area contributed by atoms with Crippen LogP contribution in [-0.4, -0.2) is 24.2 Å². The van der Waals surface area contributed by atoms with Crippen molar-refractivity contribution in [1.29, 1.82) is 0 Å². The fourth-order valence-electron chi connectivity index (χ4n) is 2.54. The van der Waals surface area contributed by atoms with E-state index in [1.165, 1.54) is 18.4 Å². The van der Waals surface area contributed by atoms with Crippen LogP contribution in [0.1, 0.15) is 35.1 Å². The first-order valence-electron chi connectivity index (χ1n) is 7.37. The lowest BCUT2D eigenvalue weighted by molar-refractivity contribution is 0.171. The maximum Gasteiger partial charge on any atom is 0.161 e. The van der Waals surface area contributed by atoms with Gasteiger partial charge in [0.1, 0.15) is 18.2 Å². The van der Waals surface area contributed by atoms with Crippen molar-refractivity contribution >= 4 is 11.3 Å². The van der Waals surface area contributed by atoms with Crippen LogP contribution in [-0.2, 0) is 0 Å². The van der Waals surface area contributed by atoms with Gasteiger partial charge in [-0.25, -0.2) is 4.98 Å². The number of fused-ring (bicyclic) bond motifs is 1. The van der Waals surface area contributed by atoms with Crippen molar-refractivity contribution in [3.8, 4) is 11.5 Å². The third kappa shape index (κ3) is 2.76. The molecule has 1 saturated carbocycles. The summed E-state index contributed by atoms with van der Waals surface area (Å²) in [6, 6.07) is 6.97. The number of aryl methyl sites for hydroxylation is 1. The summed E-state index contributed by atoms with van der Waals surface area (Å²) in [5, 5.41) is 6.92. The molecule has 21 heavy (non-hydrogen) atoms. The Labute approximate surface area is 128 Å². The molecule has 1 aliphatic carbocycles. The monoisotopic (exact) mass is 302 g/mol. The van der Waals surface area contributed by atoms with Gasteiger partial charge in [-0.3, -0.25) is 0 Å². The van der Waals surface area contributed by atoms with E-state index in [-0.39, 0.29) is 6.04 Å². The number of ether oxygens (including phenoxy) is 2. The maximum atomic E-state index is 5.71. The van der Waals surface area contributed by atoms with Gasteiger partial charge < -0.3 is 14.8 Å². The van der Waals surface area contributed by atoms with Crippen LogP contribution in [0.15, 0.2) is 23.6 Å². The van der Waals surface area contributed by atoms with Crippen LogP contribution in [0.5, 0.6) is 11.5 Å². The maximum absolute atomic E-state index is 5.71. The molecule has 0 spiro atoms. The van der Waals surface area contributed by atoms with Crippen molar-refractivity contribution in [2.24, 2.45) is 0 Å². The van der Waals surface area contributed by atoms with Crippen molar-refractivity contribution in [2.75, 3.05) is 13.2 Å². The second kappa shape index (κ2) is 5.31. The normalized spacial score (nSPS) is 18.5. The number of hydrogen-bond donors (Lipinski definition) is 1. The summed E-state index contributed by atoms with van der Waals surface area (Å²) in [5.41, 5.74) is 2.27. The molecule has 2 aliphatic rings. The minimum absolute atomic E-state index is 0.145. The summed E-state index contributed by atoms with van der Waals surface area (Å²) in [5.74, 6) is 1.68. The average Bonchev–Trinajstić information content (AvgIpc) is 3.24. The second-order valence-corrected chi connectivity index (χ2v) is 6.49. The number of aromatic nitrogens is 1.